The number of fused-ring (bicyclic) bond motifs is 1. The molecule has 2 heterocycles. The van der Waals surface area contributed by atoms with Gasteiger partial charge in [0.2, 0.25) is 6.29 Å². The zero-order valence-corrected chi connectivity index (χ0v) is 12.5. The van der Waals surface area contributed by atoms with Crippen molar-refractivity contribution in [3.05, 3.63) is 40.2 Å². The van der Waals surface area contributed by atoms with Gasteiger partial charge in [-0.15, -0.1) is 0 Å². The minimum absolute atomic E-state index is 0.0630. The van der Waals surface area contributed by atoms with Crippen LogP contribution in [0.2, 0.25) is 0 Å². The molecular formula is C16H18O7. The molecule has 0 amide bonds. The molecule has 7 nitrogen and oxygen atoms in total. The Balaban J connectivity index is 1.83. The van der Waals surface area contributed by atoms with Crippen LogP contribution in [0.15, 0.2) is 33.5 Å². The van der Waals surface area contributed by atoms with E-state index in [4.69, 9.17) is 19.0 Å². The maximum absolute atomic E-state index is 11.4. The summed E-state index contributed by atoms with van der Waals surface area (Å²) in [6.07, 6.45) is -3.87. The summed E-state index contributed by atoms with van der Waals surface area (Å²) in [5.74, 6) is 0.400. The summed E-state index contributed by atoms with van der Waals surface area (Å²) in [5.41, 5.74) is 0.748. The van der Waals surface area contributed by atoms with Gasteiger partial charge in [0.25, 0.3) is 0 Å². The molecule has 3 N–H and O–H groups in total. The van der Waals surface area contributed by atoms with E-state index in [1.165, 1.54) is 6.07 Å². The third kappa shape index (κ3) is 3.23. The lowest BCUT2D eigenvalue weighted by Crippen LogP contribution is -2.51. The van der Waals surface area contributed by atoms with E-state index in [1.807, 2.05) is 6.92 Å². The van der Waals surface area contributed by atoms with E-state index >= 15 is 0 Å². The monoisotopic (exact) mass is 322 g/mol. The van der Waals surface area contributed by atoms with Crippen LogP contribution in [0.25, 0.3) is 11.0 Å². The summed E-state index contributed by atoms with van der Waals surface area (Å²) in [6.45, 7) is 1.39. The normalized spacial score (nSPS) is 28.0. The van der Waals surface area contributed by atoms with Crippen molar-refractivity contribution in [3.8, 4) is 5.75 Å². The van der Waals surface area contributed by atoms with Gasteiger partial charge < -0.3 is 29.2 Å². The number of hydrogen-bond acceptors (Lipinski definition) is 7. The second-order valence-corrected chi connectivity index (χ2v) is 5.60. The van der Waals surface area contributed by atoms with Crippen molar-refractivity contribution < 1.29 is 29.2 Å². The van der Waals surface area contributed by atoms with Gasteiger partial charge in [-0.3, -0.25) is 0 Å². The Morgan fingerprint density at radius 3 is 2.83 bits per heavy atom. The van der Waals surface area contributed by atoms with Crippen LogP contribution in [0.1, 0.15) is 12.0 Å². The van der Waals surface area contributed by atoms with Crippen LogP contribution in [0.3, 0.4) is 0 Å². The zero-order chi connectivity index (χ0) is 16.6. The van der Waals surface area contributed by atoms with Crippen molar-refractivity contribution in [1.29, 1.82) is 0 Å². The number of rotatable bonds is 3. The Kier molecular flexibility index (Phi) is 4.36. The summed E-state index contributed by atoms with van der Waals surface area (Å²) in [7, 11) is 0. The molecule has 0 radical (unpaired) electrons. The molecule has 2 unspecified atom stereocenters. The third-order valence-corrected chi connectivity index (χ3v) is 3.91. The first kappa shape index (κ1) is 15.9. The fourth-order valence-electron chi connectivity index (χ4n) is 2.67. The van der Waals surface area contributed by atoms with E-state index in [0.717, 1.165) is 10.9 Å². The molecule has 1 saturated heterocycles. The molecule has 0 aliphatic carbocycles. The summed E-state index contributed by atoms with van der Waals surface area (Å²) < 4.78 is 16.2. The highest BCUT2D eigenvalue weighted by atomic mass is 16.7. The van der Waals surface area contributed by atoms with E-state index in [9.17, 15) is 15.0 Å². The first-order valence-corrected chi connectivity index (χ1v) is 7.31. The first-order chi connectivity index (χ1) is 11.0. The number of aryl methyl sites for hydroxylation is 1. The van der Waals surface area contributed by atoms with Gasteiger partial charge in [-0.25, -0.2) is 4.79 Å². The van der Waals surface area contributed by atoms with Crippen LogP contribution in [0.4, 0.5) is 0 Å². The van der Waals surface area contributed by atoms with Crippen LogP contribution < -0.4 is 10.4 Å². The molecule has 1 fully saturated rings. The molecular weight excluding hydrogens is 304 g/mol. The van der Waals surface area contributed by atoms with Gasteiger partial charge in [0.1, 0.15) is 23.5 Å². The molecule has 0 saturated carbocycles. The molecule has 124 valence electrons. The maximum Gasteiger partial charge on any atom is 0.336 e. The summed E-state index contributed by atoms with van der Waals surface area (Å²) >= 11 is 0. The van der Waals surface area contributed by atoms with Crippen molar-refractivity contribution in [2.45, 2.75) is 37.9 Å². The lowest BCUT2D eigenvalue weighted by molar-refractivity contribution is -0.229. The van der Waals surface area contributed by atoms with Gasteiger partial charge in [-0.2, -0.15) is 0 Å². The standard InChI is InChI=1S/C16H18O7/c1-8-4-14(19)22-12-5-9(2-3-10(8)12)21-15-6-11(18)16(20)13(7-17)23-15/h2-5,11,13,15-18,20H,6-7H2,1H3/t11?,13?,15-,16-/m0/s1. The van der Waals surface area contributed by atoms with Crippen LogP contribution in [0, 0.1) is 6.92 Å². The average molecular weight is 322 g/mol. The zero-order valence-electron chi connectivity index (χ0n) is 12.5. The van der Waals surface area contributed by atoms with Crippen molar-refractivity contribution in [2.75, 3.05) is 6.61 Å². The summed E-state index contributed by atoms with van der Waals surface area (Å²) in [5, 5.41) is 29.4. The molecule has 23 heavy (non-hydrogen) atoms. The van der Waals surface area contributed by atoms with Gasteiger partial charge in [0, 0.05) is 23.9 Å². The minimum atomic E-state index is -1.16. The highest BCUT2D eigenvalue weighted by molar-refractivity contribution is 5.81. The maximum atomic E-state index is 11.4. The molecule has 0 spiro atoms. The van der Waals surface area contributed by atoms with Crippen LogP contribution in [-0.2, 0) is 4.74 Å². The number of aliphatic hydroxyl groups is 3. The minimum Gasteiger partial charge on any atom is -0.465 e. The van der Waals surface area contributed by atoms with E-state index in [0.29, 0.717) is 11.3 Å². The van der Waals surface area contributed by atoms with E-state index in [1.54, 1.807) is 18.2 Å². The molecule has 1 aromatic carbocycles. The Labute approximate surface area is 131 Å². The fraction of sp³-hybridized carbons (Fsp3) is 0.438. The van der Waals surface area contributed by atoms with Gasteiger partial charge >= 0.3 is 5.63 Å². The van der Waals surface area contributed by atoms with Gasteiger partial charge in [0.15, 0.2) is 0 Å². The topological polar surface area (TPSA) is 109 Å². The fourth-order valence-corrected chi connectivity index (χ4v) is 2.67. The quantitative estimate of drug-likeness (QED) is 0.698. The largest absolute Gasteiger partial charge is 0.465 e. The predicted octanol–water partition coefficient (Wildman–Crippen LogP) is 0.309. The Bertz CT molecular complexity index is 754. The molecule has 0 bridgehead atoms. The Morgan fingerprint density at radius 2 is 2.09 bits per heavy atom. The van der Waals surface area contributed by atoms with E-state index in [2.05, 4.69) is 0 Å². The number of ether oxygens (including phenoxy) is 2. The molecule has 2 aromatic rings. The molecule has 4 atom stereocenters. The summed E-state index contributed by atoms with van der Waals surface area (Å²) in [4.78, 5) is 11.4. The van der Waals surface area contributed by atoms with Gasteiger partial charge in [0.05, 0.1) is 12.7 Å². The Hall–Kier alpha value is -1.93. The SMILES string of the molecule is Cc1cc(=O)oc2cc(O[C@@H]3CC(O)[C@H](O)C(CO)O3)ccc12. The number of aliphatic hydroxyl groups excluding tert-OH is 3. The highest BCUT2D eigenvalue weighted by Gasteiger charge is 2.37. The van der Waals surface area contributed by atoms with Gasteiger partial charge in [-0.05, 0) is 24.6 Å². The van der Waals surface area contributed by atoms with Crippen molar-refractivity contribution >= 4 is 11.0 Å². The predicted molar refractivity (Wildman–Crippen MR) is 80.2 cm³/mol. The molecule has 1 aliphatic rings. The van der Waals surface area contributed by atoms with Crippen LogP contribution in [0.5, 0.6) is 5.75 Å². The molecule has 1 aliphatic heterocycles. The van der Waals surface area contributed by atoms with E-state index < -0.39 is 36.8 Å². The highest BCUT2D eigenvalue weighted by Crippen LogP contribution is 2.26. The van der Waals surface area contributed by atoms with Crippen molar-refractivity contribution in [1.82, 2.24) is 0 Å². The smallest absolute Gasteiger partial charge is 0.336 e. The molecule has 3 rings (SSSR count). The van der Waals surface area contributed by atoms with Gasteiger partial charge in [-0.1, -0.05) is 0 Å². The first-order valence-electron chi connectivity index (χ1n) is 7.31. The molecule has 7 heteroatoms. The third-order valence-electron chi connectivity index (χ3n) is 3.91. The lowest BCUT2D eigenvalue weighted by Gasteiger charge is -2.36. The lowest BCUT2D eigenvalue weighted by atomic mass is 10.0. The van der Waals surface area contributed by atoms with Crippen LogP contribution >= 0.6 is 0 Å². The number of benzene rings is 1. The Morgan fingerprint density at radius 1 is 1.30 bits per heavy atom. The summed E-state index contributed by atoms with van der Waals surface area (Å²) in [6, 6.07) is 6.44. The number of hydrogen-bond donors (Lipinski definition) is 3. The van der Waals surface area contributed by atoms with Crippen LogP contribution in [-0.4, -0.2) is 46.5 Å². The van der Waals surface area contributed by atoms with E-state index in [-0.39, 0.29) is 6.42 Å². The molecule has 1 aromatic heterocycles. The second kappa shape index (κ2) is 6.29. The average Bonchev–Trinajstić information content (AvgIpc) is 2.50. The van der Waals surface area contributed by atoms with Crippen molar-refractivity contribution in [3.63, 3.8) is 0 Å². The second-order valence-electron chi connectivity index (χ2n) is 5.60. The van der Waals surface area contributed by atoms with Crippen molar-refractivity contribution in [2.24, 2.45) is 0 Å².